The number of hydrogen-bond donors (Lipinski definition) is 1. The van der Waals surface area contributed by atoms with Crippen molar-refractivity contribution in [3.8, 4) is 5.75 Å². The average molecular weight is 507 g/mol. The van der Waals surface area contributed by atoms with Gasteiger partial charge in [0.1, 0.15) is 12.4 Å². The third kappa shape index (κ3) is 5.92. The number of ether oxygens (including phenoxy) is 1. The van der Waals surface area contributed by atoms with Gasteiger partial charge in [0, 0.05) is 30.7 Å². The van der Waals surface area contributed by atoms with E-state index in [-0.39, 0.29) is 18.1 Å². The largest absolute Gasteiger partial charge is 0.489 e. The SMILES string of the molecule is Cl.Cn1c(=O)n(C)c2cc(COc3ccc(CNCCc4ccc(Cl)cc4Cl)cc3)ccc21. The molecule has 0 aliphatic heterocycles. The van der Waals surface area contributed by atoms with Crippen molar-refractivity contribution in [2.75, 3.05) is 6.54 Å². The van der Waals surface area contributed by atoms with Crippen LogP contribution in [0.5, 0.6) is 5.75 Å². The predicted octanol–water partition coefficient (Wildman–Crippen LogP) is 5.52. The average Bonchev–Trinajstić information content (AvgIpc) is 3.01. The van der Waals surface area contributed by atoms with Gasteiger partial charge in [0.25, 0.3) is 0 Å². The maximum Gasteiger partial charge on any atom is 0.328 e. The van der Waals surface area contributed by atoms with Gasteiger partial charge in [-0.1, -0.05) is 47.5 Å². The fourth-order valence-corrected chi connectivity index (χ4v) is 4.20. The van der Waals surface area contributed by atoms with Crippen molar-refractivity contribution < 1.29 is 4.74 Å². The van der Waals surface area contributed by atoms with E-state index in [0.717, 1.165) is 47.4 Å². The highest BCUT2D eigenvalue weighted by molar-refractivity contribution is 6.35. The van der Waals surface area contributed by atoms with Crippen molar-refractivity contribution in [2.45, 2.75) is 19.6 Å². The Bertz CT molecular complexity index is 1300. The summed E-state index contributed by atoms with van der Waals surface area (Å²) in [7, 11) is 3.57. The van der Waals surface area contributed by atoms with Crippen LogP contribution < -0.4 is 15.7 Å². The Hall–Kier alpha value is -2.44. The zero-order valence-electron chi connectivity index (χ0n) is 18.5. The molecule has 4 rings (SSSR count). The van der Waals surface area contributed by atoms with Crippen LogP contribution in [0.3, 0.4) is 0 Å². The summed E-state index contributed by atoms with van der Waals surface area (Å²) in [5.41, 5.74) is 5.07. The van der Waals surface area contributed by atoms with Crippen LogP contribution in [0.15, 0.2) is 65.5 Å². The zero-order chi connectivity index (χ0) is 22.7. The molecule has 0 radical (unpaired) electrons. The maximum atomic E-state index is 12.1. The molecule has 1 N–H and O–H groups in total. The first-order chi connectivity index (χ1) is 15.4. The standard InChI is InChI=1S/C25H25Cl2N3O2.ClH/c1-29-23-10-5-18(13-24(23)30(2)25(29)31)16-32-21-8-3-17(4-9-21)15-28-12-11-19-6-7-20(26)14-22(19)27;/h3-10,13-14,28H,11-12,15-16H2,1-2H3;1H. The molecule has 0 saturated heterocycles. The summed E-state index contributed by atoms with van der Waals surface area (Å²) in [5, 5.41) is 4.79. The lowest BCUT2D eigenvalue weighted by Gasteiger charge is -2.09. The minimum atomic E-state index is -0.0291. The van der Waals surface area contributed by atoms with Crippen molar-refractivity contribution >= 4 is 46.6 Å². The molecule has 33 heavy (non-hydrogen) atoms. The van der Waals surface area contributed by atoms with Crippen LogP contribution in [0.4, 0.5) is 0 Å². The predicted molar refractivity (Wildman–Crippen MR) is 138 cm³/mol. The van der Waals surface area contributed by atoms with Crippen LogP contribution in [0.2, 0.25) is 10.0 Å². The third-order valence-corrected chi connectivity index (χ3v) is 6.17. The van der Waals surface area contributed by atoms with Crippen LogP contribution in [0.1, 0.15) is 16.7 Å². The molecule has 0 unspecified atom stereocenters. The molecule has 0 bridgehead atoms. The minimum Gasteiger partial charge on any atom is -0.489 e. The van der Waals surface area contributed by atoms with Crippen LogP contribution in [-0.4, -0.2) is 15.7 Å². The van der Waals surface area contributed by atoms with E-state index in [1.54, 1.807) is 29.3 Å². The van der Waals surface area contributed by atoms with Crippen molar-refractivity contribution in [1.82, 2.24) is 14.5 Å². The number of benzene rings is 3. The Morgan fingerprint density at radius 1 is 0.879 bits per heavy atom. The highest BCUT2D eigenvalue weighted by Gasteiger charge is 2.08. The molecule has 1 heterocycles. The van der Waals surface area contributed by atoms with Crippen molar-refractivity contribution in [2.24, 2.45) is 14.1 Å². The van der Waals surface area contributed by atoms with Crippen molar-refractivity contribution in [3.05, 3.63) is 97.9 Å². The van der Waals surface area contributed by atoms with Gasteiger partial charge < -0.3 is 10.1 Å². The van der Waals surface area contributed by atoms with Gasteiger partial charge in [0.15, 0.2) is 0 Å². The molecule has 0 spiro atoms. The third-order valence-electron chi connectivity index (χ3n) is 5.58. The topological polar surface area (TPSA) is 48.2 Å². The van der Waals surface area contributed by atoms with Crippen LogP contribution in [0, 0.1) is 0 Å². The van der Waals surface area contributed by atoms with Crippen molar-refractivity contribution in [1.29, 1.82) is 0 Å². The molecule has 8 heteroatoms. The number of aromatic nitrogens is 2. The van der Waals surface area contributed by atoms with Gasteiger partial charge in [-0.25, -0.2) is 4.79 Å². The lowest BCUT2D eigenvalue weighted by molar-refractivity contribution is 0.306. The Morgan fingerprint density at radius 2 is 1.58 bits per heavy atom. The molecular formula is C25H26Cl3N3O2. The molecule has 0 atom stereocenters. The second-order valence-corrected chi connectivity index (χ2v) is 8.66. The Balaban J connectivity index is 0.00000306. The summed E-state index contributed by atoms with van der Waals surface area (Å²) < 4.78 is 9.24. The van der Waals surface area contributed by atoms with E-state index >= 15 is 0 Å². The number of imidazole rings is 1. The molecule has 0 aliphatic rings. The van der Waals surface area contributed by atoms with E-state index in [0.29, 0.717) is 16.7 Å². The van der Waals surface area contributed by atoms with Crippen molar-refractivity contribution in [3.63, 3.8) is 0 Å². The molecule has 174 valence electrons. The number of rotatable bonds is 8. The first-order valence-electron chi connectivity index (χ1n) is 10.4. The molecule has 5 nitrogen and oxygen atoms in total. The maximum absolute atomic E-state index is 12.1. The van der Waals surface area contributed by atoms with Gasteiger partial charge in [-0.15, -0.1) is 12.4 Å². The first-order valence-corrected chi connectivity index (χ1v) is 11.2. The smallest absolute Gasteiger partial charge is 0.328 e. The lowest BCUT2D eigenvalue weighted by atomic mass is 10.1. The fourth-order valence-electron chi connectivity index (χ4n) is 3.69. The van der Waals surface area contributed by atoms with Gasteiger partial charge in [0.05, 0.1) is 11.0 Å². The highest BCUT2D eigenvalue weighted by atomic mass is 35.5. The monoisotopic (exact) mass is 505 g/mol. The molecule has 4 aromatic rings. The highest BCUT2D eigenvalue weighted by Crippen LogP contribution is 2.21. The minimum absolute atomic E-state index is 0. The number of halogens is 3. The molecular weight excluding hydrogens is 481 g/mol. The van der Waals surface area contributed by atoms with E-state index in [1.165, 1.54) is 5.56 Å². The molecule has 0 aliphatic carbocycles. The number of fused-ring (bicyclic) bond motifs is 1. The van der Waals surface area contributed by atoms with E-state index in [2.05, 4.69) is 17.4 Å². The Morgan fingerprint density at radius 3 is 2.30 bits per heavy atom. The Labute approximate surface area is 209 Å². The first kappa shape index (κ1) is 25.2. The number of nitrogens with one attached hydrogen (secondary N) is 1. The second kappa shape index (κ2) is 11.1. The van der Waals surface area contributed by atoms with E-state index < -0.39 is 0 Å². The van der Waals surface area contributed by atoms with Gasteiger partial charge in [-0.05, 0) is 66.1 Å². The molecule has 1 aromatic heterocycles. The fraction of sp³-hybridized carbons (Fsp3) is 0.240. The number of nitrogens with zero attached hydrogens (tertiary/aromatic N) is 2. The van der Waals surface area contributed by atoms with Crippen LogP contribution >= 0.6 is 35.6 Å². The van der Waals surface area contributed by atoms with E-state index in [4.69, 9.17) is 27.9 Å². The Kier molecular flexibility index (Phi) is 8.49. The summed E-state index contributed by atoms with van der Waals surface area (Å²) in [6, 6.07) is 19.6. The summed E-state index contributed by atoms with van der Waals surface area (Å²) in [5.74, 6) is 0.809. The van der Waals surface area contributed by atoms with Crippen LogP contribution in [-0.2, 0) is 33.7 Å². The van der Waals surface area contributed by atoms with Gasteiger partial charge in [-0.2, -0.15) is 0 Å². The normalized spacial score (nSPS) is 10.9. The summed E-state index contributed by atoms with van der Waals surface area (Å²) in [6.45, 7) is 2.03. The van der Waals surface area contributed by atoms with Gasteiger partial charge in [0.2, 0.25) is 0 Å². The molecule has 0 saturated carbocycles. The number of aryl methyl sites for hydroxylation is 2. The summed E-state index contributed by atoms with van der Waals surface area (Å²) in [6.07, 6.45) is 0.842. The molecule has 0 amide bonds. The van der Waals surface area contributed by atoms with Gasteiger partial charge >= 0.3 is 5.69 Å². The van der Waals surface area contributed by atoms with Crippen LogP contribution in [0.25, 0.3) is 11.0 Å². The van der Waals surface area contributed by atoms with E-state index in [9.17, 15) is 4.79 Å². The zero-order valence-corrected chi connectivity index (χ0v) is 20.8. The molecule has 3 aromatic carbocycles. The number of hydrogen-bond acceptors (Lipinski definition) is 3. The lowest BCUT2D eigenvalue weighted by Crippen LogP contribution is -2.19. The van der Waals surface area contributed by atoms with E-state index in [1.807, 2.05) is 42.5 Å². The summed E-state index contributed by atoms with van der Waals surface area (Å²) >= 11 is 12.2. The van der Waals surface area contributed by atoms with Gasteiger partial charge in [-0.3, -0.25) is 9.13 Å². The molecule has 0 fully saturated rings. The summed E-state index contributed by atoms with van der Waals surface area (Å²) in [4.78, 5) is 12.1. The quantitative estimate of drug-likeness (QED) is 0.320. The second-order valence-electron chi connectivity index (χ2n) is 7.82.